The smallest absolute Gasteiger partial charge is 0.369 e. The Bertz CT molecular complexity index is 194. The highest BCUT2D eigenvalue weighted by Crippen LogP contribution is 2.39. The van der Waals surface area contributed by atoms with Gasteiger partial charge in [-0.15, -0.1) is 0 Å². The molecule has 0 unspecified atom stereocenters. The maximum atomic E-state index is 12.2. The minimum Gasteiger partial charge on any atom is -0.369 e. The molecule has 0 spiro atoms. The summed E-state index contributed by atoms with van der Waals surface area (Å²) in [5, 5.41) is 0. The summed E-state index contributed by atoms with van der Waals surface area (Å²) in [6.45, 7) is 0. The molecule has 0 aromatic heterocycles. The van der Waals surface area contributed by atoms with Crippen molar-refractivity contribution in [3.63, 3.8) is 0 Å². The highest BCUT2D eigenvalue weighted by Gasteiger charge is 2.42. The van der Waals surface area contributed by atoms with Crippen LogP contribution >= 0.6 is 0 Å². The zero-order chi connectivity index (χ0) is 10.1. The van der Waals surface area contributed by atoms with Gasteiger partial charge in [-0.3, -0.25) is 4.79 Å². The van der Waals surface area contributed by atoms with Crippen LogP contribution in [0, 0.1) is 11.8 Å². The lowest BCUT2D eigenvalue weighted by Gasteiger charge is -2.27. The molecule has 0 saturated heterocycles. The van der Waals surface area contributed by atoms with Gasteiger partial charge in [-0.1, -0.05) is 0 Å². The first-order chi connectivity index (χ1) is 5.91. The van der Waals surface area contributed by atoms with Gasteiger partial charge >= 0.3 is 6.18 Å². The van der Waals surface area contributed by atoms with Crippen LogP contribution < -0.4 is 5.73 Å². The predicted octanol–water partition coefficient (Wildman–Crippen LogP) is 1.84. The van der Waals surface area contributed by atoms with E-state index in [-0.39, 0.29) is 31.6 Å². The molecular weight excluding hydrogens is 183 g/mol. The molecule has 0 bridgehead atoms. The third kappa shape index (κ3) is 2.60. The number of nitrogens with two attached hydrogens (primary N) is 1. The van der Waals surface area contributed by atoms with Gasteiger partial charge in [0.15, 0.2) is 0 Å². The molecule has 2 N–H and O–H groups in total. The molecule has 0 aromatic rings. The molecule has 0 aliphatic heterocycles. The van der Waals surface area contributed by atoms with E-state index in [1.165, 1.54) is 0 Å². The average Bonchev–Trinajstić information content (AvgIpc) is 2.03. The number of primary amides is 1. The van der Waals surface area contributed by atoms with Crippen molar-refractivity contribution in [2.45, 2.75) is 31.9 Å². The van der Waals surface area contributed by atoms with Crippen LogP contribution in [0.5, 0.6) is 0 Å². The summed E-state index contributed by atoms with van der Waals surface area (Å²) in [6, 6.07) is 0. The lowest BCUT2D eigenvalue weighted by atomic mass is 9.81. The van der Waals surface area contributed by atoms with Crippen molar-refractivity contribution in [1.82, 2.24) is 0 Å². The summed E-state index contributed by atoms with van der Waals surface area (Å²) in [5.41, 5.74) is 5.00. The SMILES string of the molecule is NC(=O)C1CCC(C(F)(F)F)CC1. The first kappa shape index (κ1) is 10.3. The molecule has 1 aliphatic rings. The largest absolute Gasteiger partial charge is 0.391 e. The molecule has 1 amide bonds. The number of hydrogen-bond acceptors (Lipinski definition) is 1. The van der Waals surface area contributed by atoms with E-state index >= 15 is 0 Å². The van der Waals surface area contributed by atoms with E-state index in [0.717, 1.165) is 0 Å². The van der Waals surface area contributed by atoms with Crippen molar-refractivity contribution < 1.29 is 18.0 Å². The molecule has 1 aliphatic carbocycles. The van der Waals surface area contributed by atoms with E-state index in [0.29, 0.717) is 0 Å². The summed E-state index contributed by atoms with van der Waals surface area (Å²) in [7, 11) is 0. The van der Waals surface area contributed by atoms with E-state index in [2.05, 4.69) is 0 Å². The van der Waals surface area contributed by atoms with Crippen molar-refractivity contribution in [3.8, 4) is 0 Å². The van der Waals surface area contributed by atoms with Crippen molar-refractivity contribution in [3.05, 3.63) is 0 Å². The number of hydrogen-bond donors (Lipinski definition) is 1. The third-order valence-electron chi connectivity index (χ3n) is 2.59. The van der Waals surface area contributed by atoms with Gasteiger partial charge in [-0.05, 0) is 25.7 Å². The fourth-order valence-electron chi connectivity index (χ4n) is 1.71. The van der Waals surface area contributed by atoms with Crippen molar-refractivity contribution in [2.75, 3.05) is 0 Å². The third-order valence-corrected chi connectivity index (χ3v) is 2.59. The second-order valence-corrected chi connectivity index (χ2v) is 3.49. The molecule has 0 atom stereocenters. The second kappa shape index (κ2) is 3.55. The minimum absolute atomic E-state index is 0.0388. The summed E-state index contributed by atoms with van der Waals surface area (Å²) in [4.78, 5) is 10.7. The number of rotatable bonds is 1. The predicted molar refractivity (Wildman–Crippen MR) is 40.7 cm³/mol. The van der Waals surface area contributed by atoms with Gasteiger partial charge in [0.1, 0.15) is 0 Å². The fourth-order valence-corrected chi connectivity index (χ4v) is 1.71. The van der Waals surface area contributed by atoms with E-state index < -0.39 is 18.0 Å². The Labute approximate surface area is 74.3 Å². The van der Waals surface area contributed by atoms with Crippen LogP contribution in [0.4, 0.5) is 13.2 Å². The normalized spacial score (nSPS) is 30.1. The fraction of sp³-hybridized carbons (Fsp3) is 0.875. The van der Waals surface area contributed by atoms with Gasteiger partial charge in [0, 0.05) is 5.92 Å². The quantitative estimate of drug-likeness (QED) is 0.681. The Hall–Kier alpha value is -0.740. The lowest BCUT2D eigenvalue weighted by molar-refractivity contribution is -0.184. The Morgan fingerprint density at radius 2 is 1.62 bits per heavy atom. The van der Waals surface area contributed by atoms with Crippen LogP contribution in [0.1, 0.15) is 25.7 Å². The topological polar surface area (TPSA) is 43.1 Å². The summed E-state index contributed by atoms with van der Waals surface area (Å²) < 4.78 is 36.5. The molecule has 5 heteroatoms. The number of halogens is 3. The number of carbonyl (C=O) groups is 1. The molecular formula is C8H12F3NO. The Morgan fingerprint density at radius 3 is 1.92 bits per heavy atom. The second-order valence-electron chi connectivity index (χ2n) is 3.49. The zero-order valence-electron chi connectivity index (χ0n) is 7.10. The van der Waals surface area contributed by atoms with E-state index in [9.17, 15) is 18.0 Å². The number of alkyl halides is 3. The Morgan fingerprint density at radius 1 is 1.15 bits per heavy atom. The van der Waals surface area contributed by atoms with Gasteiger partial charge in [0.25, 0.3) is 0 Å². The molecule has 1 saturated carbocycles. The maximum absolute atomic E-state index is 12.2. The molecule has 0 radical (unpaired) electrons. The van der Waals surface area contributed by atoms with Crippen molar-refractivity contribution >= 4 is 5.91 Å². The molecule has 0 aromatic carbocycles. The standard InChI is InChI=1S/C8H12F3NO/c9-8(10,11)6-3-1-5(2-4-6)7(12)13/h5-6H,1-4H2,(H2,12,13). The summed E-state index contributed by atoms with van der Waals surface area (Å²) >= 11 is 0. The molecule has 0 heterocycles. The van der Waals surface area contributed by atoms with E-state index in [4.69, 9.17) is 5.73 Å². The Kier molecular flexibility index (Phi) is 2.83. The van der Waals surface area contributed by atoms with Crippen LogP contribution in [0.25, 0.3) is 0 Å². The van der Waals surface area contributed by atoms with Gasteiger partial charge in [0.05, 0.1) is 5.92 Å². The molecule has 1 rings (SSSR count). The number of carbonyl (C=O) groups excluding carboxylic acids is 1. The molecule has 13 heavy (non-hydrogen) atoms. The summed E-state index contributed by atoms with van der Waals surface area (Å²) in [5.74, 6) is -2.05. The number of amides is 1. The Balaban J connectivity index is 2.44. The maximum Gasteiger partial charge on any atom is 0.391 e. The first-order valence-electron chi connectivity index (χ1n) is 4.27. The average molecular weight is 195 g/mol. The molecule has 1 fully saturated rings. The van der Waals surface area contributed by atoms with Crippen LogP contribution in [-0.2, 0) is 4.79 Å². The highest BCUT2D eigenvalue weighted by molar-refractivity contribution is 5.76. The minimum atomic E-state index is -4.11. The van der Waals surface area contributed by atoms with Crippen LogP contribution in [0.15, 0.2) is 0 Å². The van der Waals surface area contributed by atoms with Gasteiger partial charge in [-0.2, -0.15) is 13.2 Å². The molecule has 2 nitrogen and oxygen atoms in total. The van der Waals surface area contributed by atoms with Crippen LogP contribution in [-0.4, -0.2) is 12.1 Å². The highest BCUT2D eigenvalue weighted by atomic mass is 19.4. The van der Waals surface area contributed by atoms with E-state index in [1.54, 1.807) is 0 Å². The monoisotopic (exact) mass is 195 g/mol. The lowest BCUT2D eigenvalue weighted by Crippen LogP contribution is -2.32. The zero-order valence-corrected chi connectivity index (χ0v) is 7.10. The van der Waals surface area contributed by atoms with Crippen molar-refractivity contribution in [1.29, 1.82) is 0 Å². The van der Waals surface area contributed by atoms with Crippen LogP contribution in [0.2, 0.25) is 0 Å². The van der Waals surface area contributed by atoms with Crippen molar-refractivity contribution in [2.24, 2.45) is 17.6 Å². The van der Waals surface area contributed by atoms with E-state index in [1.807, 2.05) is 0 Å². The molecule has 76 valence electrons. The summed E-state index contributed by atoms with van der Waals surface area (Å²) in [6.07, 6.45) is -3.48. The first-order valence-corrected chi connectivity index (χ1v) is 4.27. The van der Waals surface area contributed by atoms with Crippen LogP contribution in [0.3, 0.4) is 0 Å². The van der Waals surface area contributed by atoms with Gasteiger partial charge in [-0.25, -0.2) is 0 Å². The van der Waals surface area contributed by atoms with Gasteiger partial charge in [0.2, 0.25) is 5.91 Å². The van der Waals surface area contributed by atoms with Gasteiger partial charge < -0.3 is 5.73 Å².